The second kappa shape index (κ2) is 11.7. The van der Waals surface area contributed by atoms with Gasteiger partial charge >= 0.3 is 5.97 Å². The molecular weight excluding hydrogens is 496 g/mol. The number of rotatable bonds is 6. The second-order valence-corrected chi connectivity index (χ2v) is 9.46. The van der Waals surface area contributed by atoms with E-state index in [4.69, 9.17) is 9.88 Å². The van der Waals surface area contributed by atoms with Gasteiger partial charge in [0.25, 0.3) is 5.91 Å². The lowest BCUT2D eigenvalue weighted by Crippen LogP contribution is -2.40. The number of amides is 1. The van der Waals surface area contributed by atoms with Gasteiger partial charge in [-0.3, -0.25) is 14.5 Å². The molecule has 0 aliphatic carbocycles. The van der Waals surface area contributed by atoms with Crippen molar-refractivity contribution in [2.75, 3.05) is 26.3 Å². The van der Waals surface area contributed by atoms with Crippen LogP contribution in [0.5, 0.6) is 0 Å². The van der Waals surface area contributed by atoms with Crippen LogP contribution >= 0.6 is 23.3 Å². The summed E-state index contributed by atoms with van der Waals surface area (Å²) in [7, 11) is 0. The topological polar surface area (TPSA) is 111 Å². The molecule has 1 aliphatic heterocycles. The van der Waals surface area contributed by atoms with E-state index in [1.54, 1.807) is 0 Å². The van der Waals surface area contributed by atoms with Crippen molar-refractivity contribution in [1.82, 2.24) is 14.5 Å². The van der Waals surface area contributed by atoms with Gasteiger partial charge in [-0.15, -0.1) is 11.3 Å². The highest BCUT2D eigenvalue weighted by atomic mass is 32.2. The van der Waals surface area contributed by atoms with Gasteiger partial charge in [0.2, 0.25) is 0 Å². The summed E-state index contributed by atoms with van der Waals surface area (Å²) >= 11 is 2.47. The molecule has 0 radical (unpaired) electrons. The van der Waals surface area contributed by atoms with E-state index in [0.29, 0.717) is 43.4 Å². The number of aromatic carboxylic acids is 1. The number of ether oxygens (including phenoxy) is 1. The molecule has 5 rings (SSSR count). The summed E-state index contributed by atoms with van der Waals surface area (Å²) in [6, 6.07) is 13.7. The number of carbonyl (C=O) groups is 2. The highest BCUT2D eigenvalue weighted by Crippen LogP contribution is 2.30. The SMILES string of the molecule is CC.NSc1ccc(Cc2cn(-c3nc(C(=O)O)cs3)c3ccc(C(=O)N4CCOCC4)cc23)cc1. The molecule has 2 aromatic carbocycles. The number of fused-ring (bicyclic) bond motifs is 1. The second-order valence-electron chi connectivity index (χ2n) is 7.92. The Morgan fingerprint density at radius 3 is 2.50 bits per heavy atom. The predicted octanol–water partition coefficient (Wildman–Crippen LogP) is 4.84. The number of nitrogens with two attached hydrogens (primary N) is 1. The van der Waals surface area contributed by atoms with E-state index in [1.165, 1.54) is 28.7 Å². The molecule has 1 fully saturated rings. The summed E-state index contributed by atoms with van der Waals surface area (Å²) < 4.78 is 7.27. The fraction of sp³-hybridized carbons (Fsp3) is 0.269. The first-order valence-electron chi connectivity index (χ1n) is 11.7. The molecule has 0 saturated carbocycles. The Hall–Kier alpha value is -3.18. The highest BCUT2D eigenvalue weighted by Gasteiger charge is 2.21. The van der Waals surface area contributed by atoms with Crippen LogP contribution in [0.15, 0.2) is 58.9 Å². The fourth-order valence-electron chi connectivity index (χ4n) is 4.06. The summed E-state index contributed by atoms with van der Waals surface area (Å²) in [5.41, 5.74) is 3.62. The van der Waals surface area contributed by atoms with Gasteiger partial charge in [0.05, 0.1) is 18.7 Å². The number of carbonyl (C=O) groups excluding carboxylic acids is 1. The van der Waals surface area contributed by atoms with Crippen LogP contribution in [0, 0.1) is 0 Å². The van der Waals surface area contributed by atoms with E-state index < -0.39 is 5.97 Å². The van der Waals surface area contributed by atoms with Crippen LogP contribution in [0.4, 0.5) is 0 Å². The molecule has 1 aliphatic rings. The van der Waals surface area contributed by atoms with E-state index in [1.807, 2.05) is 72.0 Å². The van der Waals surface area contributed by atoms with E-state index >= 15 is 0 Å². The molecule has 10 heteroatoms. The third-order valence-electron chi connectivity index (χ3n) is 5.80. The Morgan fingerprint density at radius 1 is 1.14 bits per heavy atom. The smallest absolute Gasteiger partial charge is 0.355 e. The molecule has 3 N–H and O–H groups in total. The number of nitrogens with zero attached hydrogens (tertiary/aromatic N) is 3. The summed E-state index contributed by atoms with van der Waals surface area (Å²) in [5.74, 6) is -1.08. The quantitative estimate of drug-likeness (QED) is 0.347. The van der Waals surface area contributed by atoms with Crippen LogP contribution in [0.3, 0.4) is 0 Å². The minimum absolute atomic E-state index is 0.0115. The predicted molar refractivity (Wildman–Crippen MR) is 143 cm³/mol. The molecule has 1 amide bonds. The standard InChI is InChI=1S/C24H22N4O4S2.C2H6/c25-34-18-4-1-15(2-5-18)11-17-13-28(24-26-20(14-33-24)23(30)31)21-6-3-16(12-19(17)21)22(29)27-7-9-32-10-8-27;1-2/h1-6,12-14H,7-11,25H2,(H,30,31);1-2H3. The first kappa shape index (κ1) is 25.9. The average molecular weight is 525 g/mol. The first-order chi connectivity index (χ1) is 17.5. The first-order valence-corrected chi connectivity index (χ1v) is 13.5. The molecule has 1 saturated heterocycles. The highest BCUT2D eigenvalue weighted by molar-refractivity contribution is 7.97. The van der Waals surface area contributed by atoms with Gasteiger partial charge in [0.1, 0.15) is 0 Å². The number of aromatic nitrogens is 2. The van der Waals surface area contributed by atoms with Crippen molar-refractivity contribution in [3.8, 4) is 5.13 Å². The van der Waals surface area contributed by atoms with Gasteiger partial charge < -0.3 is 14.7 Å². The Bertz CT molecular complexity index is 1360. The number of carboxylic acid groups (broad SMARTS) is 1. The third kappa shape index (κ3) is 5.46. The monoisotopic (exact) mass is 524 g/mol. The normalized spacial score (nSPS) is 13.4. The van der Waals surface area contributed by atoms with Crippen LogP contribution in [0.1, 0.15) is 45.8 Å². The van der Waals surface area contributed by atoms with Crippen molar-refractivity contribution in [2.45, 2.75) is 25.2 Å². The van der Waals surface area contributed by atoms with Gasteiger partial charge in [-0.1, -0.05) is 26.0 Å². The zero-order chi connectivity index (χ0) is 25.7. The molecule has 4 aromatic rings. The van der Waals surface area contributed by atoms with Gasteiger partial charge in [-0.25, -0.2) is 9.78 Å². The fourth-order valence-corrected chi connectivity index (χ4v) is 5.14. The number of hydrogen-bond acceptors (Lipinski definition) is 7. The number of carboxylic acids is 1. The van der Waals surface area contributed by atoms with Crippen molar-refractivity contribution in [2.24, 2.45) is 5.14 Å². The van der Waals surface area contributed by atoms with Crippen LogP contribution < -0.4 is 5.14 Å². The zero-order valence-electron chi connectivity index (χ0n) is 20.1. The van der Waals surface area contributed by atoms with Crippen molar-refractivity contribution in [3.05, 3.63) is 76.4 Å². The molecule has 8 nitrogen and oxygen atoms in total. The summed E-state index contributed by atoms with van der Waals surface area (Å²) in [6.07, 6.45) is 2.62. The molecule has 2 aromatic heterocycles. The molecular formula is C26H28N4O4S2. The third-order valence-corrected chi connectivity index (χ3v) is 7.19. The number of benzene rings is 2. The molecule has 36 heavy (non-hydrogen) atoms. The van der Waals surface area contributed by atoms with Crippen molar-refractivity contribution in [3.63, 3.8) is 0 Å². The summed E-state index contributed by atoms with van der Waals surface area (Å²) in [4.78, 5) is 31.5. The van der Waals surface area contributed by atoms with Crippen LogP contribution in [0.2, 0.25) is 0 Å². The van der Waals surface area contributed by atoms with Crippen LogP contribution in [-0.2, 0) is 11.2 Å². The summed E-state index contributed by atoms with van der Waals surface area (Å²) in [6.45, 7) is 6.24. The van der Waals surface area contributed by atoms with Crippen molar-refractivity contribution < 1.29 is 19.4 Å². The van der Waals surface area contributed by atoms with Gasteiger partial charge in [-0.05, 0) is 59.8 Å². The van der Waals surface area contributed by atoms with E-state index in [9.17, 15) is 14.7 Å². The number of thiazole rings is 1. The minimum atomic E-state index is -1.06. The van der Waals surface area contributed by atoms with E-state index in [0.717, 1.165) is 26.9 Å². The van der Waals surface area contributed by atoms with E-state index in [2.05, 4.69) is 4.98 Å². The van der Waals surface area contributed by atoms with E-state index in [-0.39, 0.29) is 11.6 Å². The molecule has 0 unspecified atom stereocenters. The molecule has 0 atom stereocenters. The summed E-state index contributed by atoms with van der Waals surface area (Å²) in [5, 5.41) is 18.0. The lowest BCUT2D eigenvalue weighted by atomic mass is 10.0. The lowest BCUT2D eigenvalue weighted by molar-refractivity contribution is 0.0303. The van der Waals surface area contributed by atoms with Crippen LogP contribution in [-0.4, -0.2) is 57.7 Å². The van der Waals surface area contributed by atoms with Gasteiger partial charge in [0, 0.05) is 40.5 Å². The molecule has 0 bridgehead atoms. The minimum Gasteiger partial charge on any atom is -0.476 e. The van der Waals surface area contributed by atoms with Crippen LogP contribution in [0.25, 0.3) is 16.0 Å². The number of hydrogen-bond donors (Lipinski definition) is 2. The maximum Gasteiger partial charge on any atom is 0.355 e. The molecule has 3 heterocycles. The molecule has 188 valence electrons. The van der Waals surface area contributed by atoms with Gasteiger partial charge in [-0.2, -0.15) is 0 Å². The molecule has 0 spiro atoms. The van der Waals surface area contributed by atoms with Crippen molar-refractivity contribution in [1.29, 1.82) is 0 Å². The Morgan fingerprint density at radius 2 is 1.86 bits per heavy atom. The Kier molecular flexibility index (Phi) is 8.42. The zero-order valence-corrected chi connectivity index (χ0v) is 21.8. The Labute approximate surface area is 217 Å². The van der Waals surface area contributed by atoms with Crippen molar-refractivity contribution >= 4 is 46.1 Å². The maximum atomic E-state index is 13.1. The lowest BCUT2D eigenvalue weighted by Gasteiger charge is -2.26. The number of morpholine rings is 1. The largest absolute Gasteiger partial charge is 0.476 e. The van der Waals surface area contributed by atoms with Gasteiger partial charge in [0.15, 0.2) is 10.8 Å². The Balaban J connectivity index is 0.00000148. The average Bonchev–Trinajstić information content (AvgIpc) is 3.56. The maximum absolute atomic E-state index is 13.1.